The van der Waals surface area contributed by atoms with Crippen LogP contribution in [0.4, 0.5) is 0 Å². The maximum atomic E-state index is 11.6. The highest BCUT2D eigenvalue weighted by Crippen LogP contribution is 2.54. The molecule has 1 heterocycles. The van der Waals surface area contributed by atoms with Crippen molar-refractivity contribution < 1.29 is 13.8 Å². The lowest BCUT2D eigenvalue weighted by molar-refractivity contribution is 0.0731. The lowest BCUT2D eigenvalue weighted by Gasteiger charge is -2.21. The average molecular weight is 344 g/mol. The van der Waals surface area contributed by atoms with E-state index >= 15 is 0 Å². The summed E-state index contributed by atoms with van der Waals surface area (Å²) in [6, 6.07) is 10.3. The molecule has 3 nitrogen and oxygen atoms in total. The van der Waals surface area contributed by atoms with Gasteiger partial charge in [-0.25, -0.2) is 4.79 Å². The van der Waals surface area contributed by atoms with Gasteiger partial charge in [-0.05, 0) is 11.5 Å². The Bertz CT molecular complexity index is 584. The first-order valence-corrected chi connectivity index (χ1v) is 8.60. The van der Waals surface area contributed by atoms with E-state index in [0.717, 1.165) is 10.8 Å². The van der Waals surface area contributed by atoms with Gasteiger partial charge in [0.1, 0.15) is 11.3 Å². The molecule has 0 saturated heterocycles. The zero-order valence-corrected chi connectivity index (χ0v) is 11.1. The number of halogens is 1. The SMILES string of the molecule is O=C1OP(I)Oc2c1ccc1ccccc21. The van der Waals surface area contributed by atoms with Crippen LogP contribution in [0.3, 0.4) is 0 Å². The first-order valence-electron chi connectivity index (χ1n) is 4.63. The van der Waals surface area contributed by atoms with Crippen molar-refractivity contribution in [2.24, 2.45) is 0 Å². The smallest absolute Gasteiger partial charge is 0.362 e. The van der Waals surface area contributed by atoms with E-state index in [1.807, 2.05) is 52.4 Å². The Morgan fingerprint density at radius 2 is 1.88 bits per heavy atom. The molecule has 3 rings (SSSR count). The van der Waals surface area contributed by atoms with Crippen molar-refractivity contribution in [3.8, 4) is 5.75 Å². The standard InChI is InChI=1S/C11H6IO3P/c12-16-14-10-8-4-2-1-3-7(8)5-6-9(10)11(13)15-16/h1-6H. The van der Waals surface area contributed by atoms with E-state index in [9.17, 15) is 4.79 Å². The van der Waals surface area contributed by atoms with Gasteiger partial charge in [-0.15, -0.1) is 0 Å². The number of rotatable bonds is 0. The van der Waals surface area contributed by atoms with Gasteiger partial charge in [0.2, 0.25) is 0 Å². The molecule has 0 spiro atoms. The summed E-state index contributed by atoms with van der Waals surface area (Å²) in [5.74, 6) is 0.349. The van der Waals surface area contributed by atoms with E-state index in [0.29, 0.717) is 11.3 Å². The van der Waals surface area contributed by atoms with E-state index < -0.39 is 6.02 Å². The van der Waals surface area contributed by atoms with Crippen LogP contribution in [0.1, 0.15) is 10.4 Å². The summed E-state index contributed by atoms with van der Waals surface area (Å²) < 4.78 is 10.7. The minimum Gasteiger partial charge on any atom is -0.430 e. The van der Waals surface area contributed by atoms with E-state index in [4.69, 9.17) is 9.05 Å². The topological polar surface area (TPSA) is 35.5 Å². The monoisotopic (exact) mass is 344 g/mol. The minimum absolute atomic E-state index is 0.299. The molecule has 1 atom stereocenters. The van der Waals surface area contributed by atoms with E-state index in [-0.39, 0.29) is 5.97 Å². The van der Waals surface area contributed by atoms with Gasteiger partial charge in [-0.3, -0.25) is 0 Å². The molecule has 0 aliphatic carbocycles. The van der Waals surface area contributed by atoms with Crippen LogP contribution in [0.5, 0.6) is 5.75 Å². The van der Waals surface area contributed by atoms with Crippen molar-refractivity contribution in [1.82, 2.24) is 0 Å². The molecule has 0 N–H and O–H groups in total. The molecule has 0 radical (unpaired) electrons. The summed E-state index contributed by atoms with van der Waals surface area (Å²) in [5.41, 5.74) is 0.508. The Balaban J connectivity index is 2.33. The highest BCUT2D eigenvalue weighted by Gasteiger charge is 2.28. The Morgan fingerprint density at radius 1 is 1.06 bits per heavy atom. The molecule has 16 heavy (non-hydrogen) atoms. The second-order valence-electron chi connectivity index (χ2n) is 3.35. The summed E-state index contributed by atoms with van der Waals surface area (Å²) in [4.78, 5) is 11.6. The van der Waals surface area contributed by atoms with Gasteiger partial charge in [0, 0.05) is 27.4 Å². The molecule has 2 aromatic rings. The molecule has 1 aliphatic heterocycles. The minimum atomic E-state index is -1.17. The molecular formula is C11H6IO3P. The summed E-state index contributed by atoms with van der Waals surface area (Å²) >= 11 is 2.00. The second-order valence-corrected chi connectivity index (χ2v) is 6.50. The van der Waals surface area contributed by atoms with E-state index in [1.54, 1.807) is 6.07 Å². The first-order chi connectivity index (χ1) is 7.75. The Kier molecular flexibility index (Phi) is 2.48. The van der Waals surface area contributed by atoms with Crippen LogP contribution in [0.2, 0.25) is 0 Å². The fraction of sp³-hybridized carbons (Fsp3) is 0. The van der Waals surface area contributed by atoms with Crippen LogP contribution in [0.25, 0.3) is 10.8 Å². The molecule has 0 amide bonds. The maximum absolute atomic E-state index is 11.6. The van der Waals surface area contributed by atoms with Crippen molar-refractivity contribution in [2.45, 2.75) is 0 Å². The van der Waals surface area contributed by atoms with Gasteiger partial charge in [0.25, 0.3) is 0 Å². The predicted molar refractivity (Wildman–Crippen MR) is 70.9 cm³/mol. The van der Waals surface area contributed by atoms with Crippen molar-refractivity contribution >= 4 is 44.8 Å². The van der Waals surface area contributed by atoms with Crippen molar-refractivity contribution in [2.75, 3.05) is 0 Å². The van der Waals surface area contributed by atoms with Gasteiger partial charge in [-0.2, -0.15) is 0 Å². The van der Waals surface area contributed by atoms with Gasteiger partial charge >= 0.3 is 12.0 Å². The Morgan fingerprint density at radius 3 is 2.75 bits per heavy atom. The van der Waals surface area contributed by atoms with Crippen LogP contribution in [-0.4, -0.2) is 5.97 Å². The number of fused-ring (bicyclic) bond motifs is 3. The molecule has 5 heteroatoms. The van der Waals surface area contributed by atoms with Crippen LogP contribution in [0, 0.1) is 0 Å². The summed E-state index contributed by atoms with van der Waals surface area (Å²) in [6.07, 6.45) is 0. The van der Waals surface area contributed by atoms with Crippen molar-refractivity contribution in [1.29, 1.82) is 0 Å². The molecule has 80 valence electrons. The summed E-state index contributed by atoms with van der Waals surface area (Å²) in [5, 5.41) is 2.02. The maximum Gasteiger partial charge on any atom is 0.362 e. The first kappa shape index (κ1) is 10.3. The Hall–Kier alpha value is -0.870. The van der Waals surface area contributed by atoms with Crippen LogP contribution < -0.4 is 4.52 Å². The van der Waals surface area contributed by atoms with Crippen LogP contribution in [0.15, 0.2) is 36.4 Å². The van der Waals surface area contributed by atoms with Crippen molar-refractivity contribution in [3.63, 3.8) is 0 Å². The number of carbonyl (C=O) groups excluding carboxylic acids is 1. The van der Waals surface area contributed by atoms with E-state index in [1.165, 1.54) is 0 Å². The van der Waals surface area contributed by atoms with E-state index in [2.05, 4.69) is 0 Å². The molecule has 1 unspecified atom stereocenters. The third-order valence-corrected chi connectivity index (χ3v) is 4.23. The van der Waals surface area contributed by atoms with Gasteiger partial charge < -0.3 is 9.05 Å². The molecular weight excluding hydrogens is 338 g/mol. The average Bonchev–Trinajstić information content (AvgIpc) is 2.28. The number of hydrogen-bond donors (Lipinski definition) is 0. The fourth-order valence-electron chi connectivity index (χ4n) is 1.71. The van der Waals surface area contributed by atoms with Crippen molar-refractivity contribution in [3.05, 3.63) is 42.0 Å². The predicted octanol–water partition coefficient (Wildman–Crippen LogP) is 4.05. The molecule has 0 saturated carbocycles. The van der Waals surface area contributed by atoms with Crippen LogP contribution >= 0.6 is 28.1 Å². The molecule has 2 aromatic carbocycles. The highest BCUT2D eigenvalue weighted by molar-refractivity contribution is 14.2. The second kappa shape index (κ2) is 3.86. The third-order valence-electron chi connectivity index (χ3n) is 2.42. The third kappa shape index (κ3) is 1.57. The summed E-state index contributed by atoms with van der Waals surface area (Å²) in [7, 11) is 0. The fourth-order valence-corrected chi connectivity index (χ4v) is 3.44. The summed E-state index contributed by atoms with van der Waals surface area (Å²) in [6.45, 7) is 0. The van der Waals surface area contributed by atoms with Crippen LogP contribution in [-0.2, 0) is 4.52 Å². The van der Waals surface area contributed by atoms with Gasteiger partial charge in [0.05, 0.1) is 0 Å². The Labute approximate surface area is 106 Å². The molecule has 0 fully saturated rings. The number of carbonyl (C=O) groups is 1. The normalized spacial score (nSPS) is 18.8. The zero-order chi connectivity index (χ0) is 11.1. The number of benzene rings is 2. The quantitative estimate of drug-likeness (QED) is 0.534. The largest absolute Gasteiger partial charge is 0.430 e. The zero-order valence-electron chi connectivity index (χ0n) is 8.01. The highest BCUT2D eigenvalue weighted by atomic mass is 127. The molecule has 1 aliphatic rings. The molecule has 0 aromatic heterocycles. The lowest BCUT2D eigenvalue weighted by atomic mass is 10.1. The van der Waals surface area contributed by atoms with Gasteiger partial charge in [0.15, 0.2) is 0 Å². The molecule has 0 bridgehead atoms. The number of hydrogen-bond acceptors (Lipinski definition) is 3. The lowest BCUT2D eigenvalue weighted by Crippen LogP contribution is -2.09. The van der Waals surface area contributed by atoms with Gasteiger partial charge in [-0.1, -0.05) is 30.3 Å².